The summed E-state index contributed by atoms with van der Waals surface area (Å²) in [6.07, 6.45) is 7.01. The summed E-state index contributed by atoms with van der Waals surface area (Å²) in [6, 6.07) is 9.87. The average Bonchev–Trinajstić information content (AvgIpc) is 3.52. The number of nitrogens with one attached hydrogen (secondary N) is 1. The molecule has 1 atom stereocenters. The number of nitrogen functional groups attached to an aromatic ring is 1. The zero-order valence-corrected chi connectivity index (χ0v) is 17.8. The van der Waals surface area contributed by atoms with Gasteiger partial charge in [0.05, 0.1) is 23.8 Å². The Kier molecular flexibility index (Phi) is 4.63. The Labute approximate surface area is 184 Å². The van der Waals surface area contributed by atoms with Gasteiger partial charge < -0.3 is 15.6 Å². The van der Waals surface area contributed by atoms with E-state index in [0.29, 0.717) is 16.8 Å². The van der Waals surface area contributed by atoms with Crippen molar-refractivity contribution in [3.05, 3.63) is 64.5 Å². The Hall–Kier alpha value is -4.19. The van der Waals surface area contributed by atoms with Gasteiger partial charge in [0, 0.05) is 30.5 Å². The number of aryl methyl sites for hydroxylation is 1. The van der Waals surface area contributed by atoms with Crippen LogP contribution < -0.4 is 16.6 Å². The number of nitrogens with two attached hydrogens (primary N) is 1. The van der Waals surface area contributed by atoms with Crippen molar-refractivity contribution in [2.45, 2.75) is 31.8 Å². The first-order valence-corrected chi connectivity index (χ1v) is 10.4. The van der Waals surface area contributed by atoms with E-state index < -0.39 is 0 Å². The van der Waals surface area contributed by atoms with Crippen LogP contribution in [0.5, 0.6) is 0 Å². The molecule has 0 saturated heterocycles. The van der Waals surface area contributed by atoms with Gasteiger partial charge in [-0.1, -0.05) is 18.2 Å². The molecule has 3 heterocycles. The first-order chi connectivity index (χ1) is 15.5. The second kappa shape index (κ2) is 7.50. The second-order valence-electron chi connectivity index (χ2n) is 8.12. The minimum atomic E-state index is -0.281. The largest absolute Gasteiger partial charge is 0.368 e. The summed E-state index contributed by atoms with van der Waals surface area (Å²) >= 11 is 0. The molecule has 1 saturated carbocycles. The first-order valence-electron chi connectivity index (χ1n) is 10.4. The summed E-state index contributed by atoms with van der Waals surface area (Å²) in [6.45, 7) is 1.95. The quantitative estimate of drug-likeness (QED) is 0.502. The minimum Gasteiger partial charge on any atom is -0.368 e. The SMILES string of the molecule is C[C@H](Nc1nc(N)ncc1C#N)c1cc2cccc(-c3cnn(C)c3)c2c(=O)n1C1CC1. The van der Waals surface area contributed by atoms with Gasteiger partial charge in [-0.25, -0.2) is 4.98 Å². The predicted molar refractivity (Wildman–Crippen MR) is 122 cm³/mol. The van der Waals surface area contributed by atoms with Gasteiger partial charge >= 0.3 is 0 Å². The van der Waals surface area contributed by atoms with Crippen molar-refractivity contribution >= 4 is 22.5 Å². The molecule has 0 radical (unpaired) electrons. The molecule has 1 aromatic carbocycles. The molecule has 1 aliphatic carbocycles. The molecule has 5 rings (SSSR count). The number of aromatic nitrogens is 5. The van der Waals surface area contributed by atoms with Crippen LogP contribution in [0.15, 0.2) is 47.7 Å². The number of hydrogen-bond donors (Lipinski definition) is 2. The molecule has 160 valence electrons. The molecule has 1 fully saturated rings. The lowest BCUT2D eigenvalue weighted by Gasteiger charge is -2.22. The summed E-state index contributed by atoms with van der Waals surface area (Å²) in [5.74, 6) is 0.435. The summed E-state index contributed by atoms with van der Waals surface area (Å²) in [7, 11) is 1.86. The van der Waals surface area contributed by atoms with E-state index in [9.17, 15) is 10.1 Å². The maximum absolute atomic E-state index is 13.8. The van der Waals surface area contributed by atoms with Crippen LogP contribution in [0.25, 0.3) is 21.9 Å². The minimum absolute atomic E-state index is 0.0178. The smallest absolute Gasteiger partial charge is 0.259 e. The highest BCUT2D eigenvalue weighted by Crippen LogP contribution is 2.38. The van der Waals surface area contributed by atoms with Crippen molar-refractivity contribution in [1.82, 2.24) is 24.3 Å². The van der Waals surface area contributed by atoms with Crippen LogP contribution in [0.1, 0.15) is 43.1 Å². The predicted octanol–water partition coefficient (Wildman–Crippen LogP) is 3.15. The van der Waals surface area contributed by atoms with Crippen molar-refractivity contribution in [3.63, 3.8) is 0 Å². The summed E-state index contributed by atoms with van der Waals surface area (Å²) in [5, 5.41) is 18.5. The number of nitrogens with zero attached hydrogens (tertiary/aromatic N) is 6. The summed E-state index contributed by atoms with van der Waals surface area (Å²) in [5.41, 5.74) is 8.63. The number of hydrogen-bond acceptors (Lipinski definition) is 7. The topological polar surface area (TPSA) is 127 Å². The third kappa shape index (κ3) is 3.36. The van der Waals surface area contributed by atoms with Crippen LogP contribution in [-0.4, -0.2) is 24.3 Å². The zero-order valence-electron chi connectivity index (χ0n) is 17.8. The number of benzene rings is 1. The van der Waals surface area contributed by atoms with Gasteiger partial charge in [0.1, 0.15) is 17.5 Å². The number of fused-ring (bicyclic) bond motifs is 1. The monoisotopic (exact) mass is 426 g/mol. The zero-order chi connectivity index (χ0) is 22.4. The standard InChI is InChI=1S/C23H22N8O/c1-13(28-21-15(9-24)10-26-23(25)29-21)19-8-14-4-3-5-18(16-11-27-30(2)12-16)20(14)22(32)31(19)17-6-7-17/h3-5,8,10-13,17H,6-7H2,1-2H3,(H3,25,26,28,29)/t13-/m0/s1. The third-order valence-corrected chi connectivity index (χ3v) is 5.76. The molecule has 0 unspecified atom stereocenters. The van der Waals surface area contributed by atoms with Crippen LogP contribution in [0.4, 0.5) is 11.8 Å². The van der Waals surface area contributed by atoms with Gasteiger partial charge in [0.2, 0.25) is 5.95 Å². The number of anilines is 2. The lowest BCUT2D eigenvalue weighted by atomic mass is 10.00. The highest BCUT2D eigenvalue weighted by Gasteiger charge is 2.30. The highest BCUT2D eigenvalue weighted by molar-refractivity contribution is 5.96. The van der Waals surface area contributed by atoms with Crippen molar-refractivity contribution in [1.29, 1.82) is 5.26 Å². The van der Waals surface area contributed by atoms with Crippen molar-refractivity contribution in [2.75, 3.05) is 11.1 Å². The van der Waals surface area contributed by atoms with Crippen LogP contribution in [-0.2, 0) is 7.05 Å². The maximum Gasteiger partial charge on any atom is 0.259 e. The molecule has 32 heavy (non-hydrogen) atoms. The lowest BCUT2D eigenvalue weighted by Crippen LogP contribution is -2.26. The average molecular weight is 426 g/mol. The Morgan fingerprint density at radius 2 is 2.12 bits per heavy atom. The van der Waals surface area contributed by atoms with Gasteiger partial charge in [-0.05, 0) is 36.8 Å². The highest BCUT2D eigenvalue weighted by atomic mass is 16.1. The molecule has 1 aliphatic rings. The molecular weight excluding hydrogens is 404 g/mol. The van der Waals surface area contributed by atoms with Crippen molar-refractivity contribution in [2.24, 2.45) is 7.05 Å². The molecular formula is C23H22N8O. The lowest BCUT2D eigenvalue weighted by molar-refractivity contribution is 0.636. The Morgan fingerprint density at radius 1 is 1.31 bits per heavy atom. The van der Waals surface area contributed by atoms with Gasteiger partial charge in [-0.15, -0.1) is 0 Å². The van der Waals surface area contributed by atoms with E-state index in [0.717, 1.165) is 35.0 Å². The molecule has 0 bridgehead atoms. The van der Waals surface area contributed by atoms with Gasteiger partial charge in [0.25, 0.3) is 5.56 Å². The summed E-state index contributed by atoms with van der Waals surface area (Å²) in [4.78, 5) is 21.8. The van der Waals surface area contributed by atoms with E-state index in [1.54, 1.807) is 10.9 Å². The van der Waals surface area contributed by atoms with Gasteiger partial charge in [-0.3, -0.25) is 9.48 Å². The van der Waals surface area contributed by atoms with Crippen molar-refractivity contribution < 1.29 is 0 Å². The maximum atomic E-state index is 13.8. The molecule has 4 aromatic rings. The fraction of sp³-hybridized carbons (Fsp3) is 0.261. The first kappa shape index (κ1) is 19.8. The van der Waals surface area contributed by atoms with E-state index in [1.807, 2.05) is 49.0 Å². The van der Waals surface area contributed by atoms with Crippen LogP contribution in [0, 0.1) is 11.3 Å². The molecule has 3 N–H and O–H groups in total. The number of rotatable bonds is 5. The molecule has 0 amide bonds. The third-order valence-electron chi connectivity index (χ3n) is 5.76. The van der Waals surface area contributed by atoms with E-state index in [4.69, 9.17) is 5.73 Å². The van der Waals surface area contributed by atoms with Crippen LogP contribution in [0.2, 0.25) is 0 Å². The van der Waals surface area contributed by atoms with E-state index >= 15 is 0 Å². The molecule has 0 aliphatic heterocycles. The van der Waals surface area contributed by atoms with Gasteiger partial charge in [-0.2, -0.15) is 15.3 Å². The molecule has 9 nitrogen and oxygen atoms in total. The molecule has 3 aromatic heterocycles. The second-order valence-corrected chi connectivity index (χ2v) is 8.12. The molecule has 0 spiro atoms. The Morgan fingerprint density at radius 3 is 2.81 bits per heavy atom. The Bertz CT molecular complexity index is 1440. The van der Waals surface area contributed by atoms with E-state index in [-0.39, 0.29) is 23.6 Å². The van der Waals surface area contributed by atoms with Crippen LogP contribution in [0.3, 0.4) is 0 Å². The summed E-state index contributed by atoms with van der Waals surface area (Å²) < 4.78 is 3.62. The Balaban J connectivity index is 1.66. The number of nitriles is 1. The van der Waals surface area contributed by atoms with E-state index in [2.05, 4.69) is 26.5 Å². The normalized spacial score (nSPS) is 14.3. The molecule has 9 heteroatoms. The fourth-order valence-electron chi connectivity index (χ4n) is 4.11. The fourth-order valence-corrected chi connectivity index (χ4v) is 4.11. The van der Waals surface area contributed by atoms with Crippen LogP contribution >= 0.6 is 0 Å². The van der Waals surface area contributed by atoms with E-state index in [1.165, 1.54) is 6.20 Å². The van der Waals surface area contributed by atoms with Gasteiger partial charge in [0.15, 0.2) is 0 Å². The number of pyridine rings is 1. The van der Waals surface area contributed by atoms with Crippen molar-refractivity contribution in [3.8, 4) is 17.2 Å².